The van der Waals surface area contributed by atoms with Crippen LogP contribution in [0.5, 0.6) is 0 Å². The summed E-state index contributed by atoms with van der Waals surface area (Å²) in [5, 5.41) is 4.88. The predicted molar refractivity (Wildman–Crippen MR) is 72.0 cm³/mol. The highest BCUT2D eigenvalue weighted by atomic mass is 35.5. The van der Waals surface area contributed by atoms with Crippen LogP contribution in [0, 0.1) is 5.82 Å². The second kappa shape index (κ2) is 5.65. The lowest BCUT2D eigenvalue weighted by molar-refractivity contribution is 0.0693. The third-order valence-corrected chi connectivity index (χ3v) is 4.44. The number of hydrogen-bond donors (Lipinski definition) is 1. The van der Waals surface area contributed by atoms with Crippen molar-refractivity contribution >= 4 is 27.7 Å². The number of halogens is 2. The van der Waals surface area contributed by atoms with E-state index >= 15 is 0 Å². The van der Waals surface area contributed by atoms with Crippen LogP contribution in [0.15, 0.2) is 18.2 Å². The lowest BCUT2D eigenvalue weighted by Gasteiger charge is -2.33. The fourth-order valence-electron chi connectivity index (χ4n) is 1.98. The van der Waals surface area contributed by atoms with Crippen molar-refractivity contribution in [3.05, 3.63) is 34.6 Å². The zero-order chi connectivity index (χ0) is 14.9. The minimum Gasteiger partial charge on any atom is -0.336 e. The van der Waals surface area contributed by atoms with E-state index < -0.39 is 21.9 Å². The highest BCUT2D eigenvalue weighted by molar-refractivity contribution is 7.86. The standard InChI is InChI=1S/C11H13ClFN3O3S/c12-9-3-1-2-8(10(9)13)11(17)15-4-6-16(7-5-15)20(14,18)19/h1-3H,4-7H2,(H2,14,18,19). The minimum absolute atomic E-state index is 0.0900. The predicted octanol–water partition coefficient (Wildman–Crippen LogP) is 0.440. The summed E-state index contributed by atoms with van der Waals surface area (Å²) in [6.45, 7) is 0.488. The Kier molecular flexibility index (Phi) is 4.28. The first-order valence-electron chi connectivity index (χ1n) is 5.82. The van der Waals surface area contributed by atoms with E-state index in [-0.39, 0.29) is 36.8 Å². The Morgan fingerprint density at radius 1 is 1.25 bits per heavy atom. The van der Waals surface area contributed by atoms with E-state index in [1.54, 1.807) is 0 Å². The molecule has 1 heterocycles. The zero-order valence-electron chi connectivity index (χ0n) is 10.4. The SMILES string of the molecule is NS(=O)(=O)N1CCN(C(=O)c2cccc(Cl)c2F)CC1. The first-order valence-corrected chi connectivity index (χ1v) is 7.70. The molecule has 6 nitrogen and oxygen atoms in total. The Balaban J connectivity index is 2.11. The molecule has 0 aliphatic carbocycles. The molecule has 1 saturated heterocycles. The molecule has 0 aromatic heterocycles. The Labute approximate surface area is 121 Å². The molecule has 20 heavy (non-hydrogen) atoms. The summed E-state index contributed by atoms with van der Waals surface area (Å²) in [5.41, 5.74) is -0.124. The lowest BCUT2D eigenvalue weighted by Crippen LogP contribution is -2.52. The van der Waals surface area contributed by atoms with Crippen LogP contribution < -0.4 is 5.14 Å². The summed E-state index contributed by atoms with van der Waals surface area (Å²) < 4.78 is 37.2. The molecule has 0 atom stereocenters. The van der Waals surface area contributed by atoms with Gasteiger partial charge in [-0.2, -0.15) is 12.7 Å². The maximum absolute atomic E-state index is 13.8. The van der Waals surface area contributed by atoms with Gasteiger partial charge in [0.05, 0.1) is 10.6 Å². The molecule has 1 aliphatic heterocycles. The molecule has 0 radical (unpaired) electrons. The van der Waals surface area contributed by atoms with Gasteiger partial charge < -0.3 is 4.90 Å². The number of benzene rings is 1. The quantitative estimate of drug-likeness (QED) is 0.858. The van der Waals surface area contributed by atoms with Crippen LogP contribution in [0.3, 0.4) is 0 Å². The van der Waals surface area contributed by atoms with E-state index in [0.29, 0.717) is 0 Å². The zero-order valence-corrected chi connectivity index (χ0v) is 12.0. The normalized spacial score (nSPS) is 17.2. The van der Waals surface area contributed by atoms with Crippen molar-refractivity contribution in [3.63, 3.8) is 0 Å². The molecule has 9 heteroatoms. The van der Waals surface area contributed by atoms with Crippen LogP contribution in [0.2, 0.25) is 5.02 Å². The maximum atomic E-state index is 13.8. The molecule has 1 aliphatic rings. The molecule has 2 N–H and O–H groups in total. The Morgan fingerprint density at radius 2 is 1.85 bits per heavy atom. The first kappa shape index (κ1) is 15.2. The number of carbonyl (C=O) groups is 1. The van der Waals surface area contributed by atoms with Crippen LogP contribution in [0.4, 0.5) is 4.39 Å². The fraction of sp³-hybridized carbons (Fsp3) is 0.364. The largest absolute Gasteiger partial charge is 0.336 e. The Hall–Kier alpha value is -1.22. The first-order chi connectivity index (χ1) is 9.30. The molecule has 0 saturated carbocycles. The summed E-state index contributed by atoms with van der Waals surface area (Å²) in [7, 11) is -3.75. The number of hydrogen-bond acceptors (Lipinski definition) is 3. The summed E-state index contributed by atoms with van der Waals surface area (Å²) in [6.07, 6.45) is 0. The molecule has 1 aromatic carbocycles. The van der Waals surface area contributed by atoms with Gasteiger partial charge >= 0.3 is 0 Å². The Bertz CT molecular complexity index is 630. The third-order valence-electron chi connectivity index (χ3n) is 3.07. The van der Waals surface area contributed by atoms with Crippen LogP contribution >= 0.6 is 11.6 Å². The molecular weight excluding hydrogens is 309 g/mol. The smallest absolute Gasteiger partial charge is 0.277 e. The molecule has 0 bridgehead atoms. The monoisotopic (exact) mass is 321 g/mol. The van der Waals surface area contributed by atoms with E-state index in [1.165, 1.54) is 23.1 Å². The van der Waals surface area contributed by atoms with E-state index in [0.717, 1.165) is 4.31 Å². The van der Waals surface area contributed by atoms with Gasteiger partial charge in [-0.05, 0) is 12.1 Å². The second-order valence-corrected chi connectivity index (χ2v) is 6.29. The van der Waals surface area contributed by atoms with Crippen molar-refractivity contribution in [1.29, 1.82) is 0 Å². The highest BCUT2D eigenvalue weighted by Crippen LogP contribution is 2.20. The number of nitrogens with two attached hydrogens (primary N) is 1. The number of nitrogens with zero attached hydrogens (tertiary/aromatic N) is 2. The maximum Gasteiger partial charge on any atom is 0.277 e. The van der Waals surface area contributed by atoms with Gasteiger partial charge in [-0.25, -0.2) is 9.53 Å². The molecule has 0 unspecified atom stereocenters. The van der Waals surface area contributed by atoms with E-state index in [4.69, 9.17) is 16.7 Å². The van der Waals surface area contributed by atoms with Crippen molar-refractivity contribution < 1.29 is 17.6 Å². The molecule has 1 fully saturated rings. The average Bonchev–Trinajstić information content (AvgIpc) is 2.40. The van der Waals surface area contributed by atoms with Crippen molar-refractivity contribution in [2.75, 3.05) is 26.2 Å². The summed E-state index contributed by atoms with van der Waals surface area (Å²) in [5.74, 6) is -1.29. The van der Waals surface area contributed by atoms with Crippen molar-refractivity contribution in [1.82, 2.24) is 9.21 Å². The number of amides is 1. The van der Waals surface area contributed by atoms with Crippen molar-refractivity contribution in [2.24, 2.45) is 5.14 Å². The van der Waals surface area contributed by atoms with Crippen LogP contribution in [0.1, 0.15) is 10.4 Å². The van der Waals surface area contributed by atoms with Crippen LogP contribution in [-0.4, -0.2) is 49.7 Å². The number of carbonyl (C=O) groups excluding carboxylic acids is 1. The Morgan fingerprint density at radius 3 is 2.40 bits per heavy atom. The molecular formula is C11H13ClFN3O3S. The second-order valence-electron chi connectivity index (χ2n) is 4.34. The molecule has 1 aromatic rings. The highest BCUT2D eigenvalue weighted by Gasteiger charge is 2.28. The van der Waals surface area contributed by atoms with Gasteiger partial charge in [-0.1, -0.05) is 17.7 Å². The topological polar surface area (TPSA) is 83.7 Å². The average molecular weight is 322 g/mol. The summed E-state index contributed by atoms with van der Waals surface area (Å²) in [6, 6.07) is 4.18. The van der Waals surface area contributed by atoms with E-state index in [9.17, 15) is 17.6 Å². The van der Waals surface area contributed by atoms with Gasteiger partial charge in [0.1, 0.15) is 0 Å². The molecule has 110 valence electrons. The van der Waals surface area contributed by atoms with Gasteiger partial charge in [0, 0.05) is 26.2 Å². The van der Waals surface area contributed by atoms with Crippen molar-refractivity contribution in [2.45, 2.75) is 0 Å². The van der Waals surface area contributed by atoms with Gasteiger partial charge in [-0.3, -0.25) is 4.79 Å². The molecule has 1 amide bonds. The third kappa shape index (κ3) is 3.09. The van der Waals surface area contributed by atoms with Gasteiger partial charge in [0.15, 0.2) is 5.82 Å². The summed E-state index contributed by atoms with van der Waals surface area (Å²) in [4.78, 5) is 13.5. The van der Waals surface area contributed by atoms with Crippen LogP contribution in [0.25, 0.3) is 0 Å². The van der Waals surface area contributed by atoms with Gasteiger partial charge in [0.2, 0.25) is 0 Å². The van der Waals surface area contributed by atoms with E-state index in [2.05, 4.69) is 0 Å². The van der Waals surface area contributed by atoms with Gasteiger partial charge in [0.25, 0.3) is 16.1 Å². The molecule has 2 rings (SSSR count). The fourth-order valence-corrected chi connectivity index (χ4v) is 2.83. The minimum atomic E-state index is -3.75. The van der Waals surface area contributed by atoms with Crippen molar-refractivity contribution in [3.8, 4) is 0 Å². The van der Waals surface area contributed by atoms with E-state index in [1.807, 2.05) is 0 Å². The lowest BCUT2D eigenvalue weighted by atomic mass is 10.1. The van der Waals surface area contributed by atoms with Gasteiger partial charge in [-0.15, -0.1) is 0 Å². The van der Waals surface area contributed by atoms with Crippen LogP contribution in [-0.2, 0) is 10.2 Å². The summed E-state index contributed by atoms with van der Waals surface area (Å²) >= 11 is 5.63. The number of piperazine rings is 1. The molecule has 0 spiro atoms. The number of rotatable bonds is 2.